The lowest BCUT2D eigenvalue weighted by Crippen LogP contribution is -2.20. The highest BCUT2D eigenvalue weighted by atomic mass is 35.5. The molecule has 6 heteroatoms. The van der Waals surface area contributed by atoms with Crippen LogP contribution in [0.15, 0.2) is 18.2 Å². The maximum Gasteiger partial charge on any atom is 0.335 e. The number of aromatic carboxylic acids is 1. The average Bonchev–Trinajstić information content (AvgIpc) is 2.25. The Labute approximate surface area is 97.3 Å². The molecule has 0 radical (unpaired) electrons. The molecule has 0 saturated carbocycles. The van der Waals surface area contributed by atoms with Gasteiger partial charge in [-0.1, -0.05) is 0 Å². The van der Waals surface area contributed by atoms with Crippen LogP contribution in [0.25, 0.3) is 0 Å². The summed E-state index contributed by atoms with van der Waals surface area (Å²) in [6.45, 7) is 0.187. The summed E-state index contributed by atoms with van der Waals surface area (Å²) in [5.74, 6) is -1.20. The first kappa shape index (κ1) is 12.6. The van der Waals surface area contributed by atoms with Gasteiger partial charge in [-0.25, -0.2) is 4.79 Å². The van der Waals surface area contributed by atoms with Crippen LogP contribution in [-0.2, 0) is 0 Å². The van der Waals surface area contributed by atoms with Gasteiger partial charge >= 0.3 is 5.97 Å². The van der Waals surface area contributed by atoms with Crippen molar-refractivity contribution in [3.8, 4) is 5.75 Å². The number of benzene rings is 1. The van der Waals surface area contributed by atoms with Crippen LogP contribution >= 0.6 is 11.6 Å². The molecule has 0 spiro atoms. The van der Waals surface area contributed by atoms with E-state index in [-0.39, 0.29) is 23.7 Å². The van der Waals surface area contributed by atoms with Crippen LogP contribution in [0.4, 0.5) is 5.69 Å². The Morgan fingerprint density at radius 2 is 2.12 bits per heavy atom. The fourth-order valence-corrected chi connectivity index (χ4v) is 1.24. The van der Waals surface area contributed by atoms with Crippen molar-refractivity contribution in [3.05, 3.63) is 23.8 Å². The summed E-state index contributed by atoms with van der Waals surface area (Å²) < 4.78 is 0. The Bertz CT molecular complexity index is 383. The lowest BCUT2D eigenvalue weighted by Gasteiger charge is -2.10. The second kappa shape index (κ2) is 5.58. The first-order valence-electron chi connectivity index (χ1n) is 4.58. The summed E-state index contributed by atoms with van der Waals surface area (Å²) in [5.41, 5.74) is 0.393. The molecule has 0 fully saturated rings. The topological polar surface area (TPSA) is 89.8 Å². The van der Waals surface area contributed by atoms with Gasteiger partial charge in [0, 0.05) is 18.3 Å². The number of phenolic OH excluding ortho intramolecular Hbond substituents is 1. The second-order valence-electron chi connectivity index (χ2n) is 3.26. The maximum atomic E-state index is 10.7. The average molecular weight is 246 g/mol. The highest BCUT2D eigenvalue weighted by Gasteiger charge is 2.07. The fraction of sp³-hybridized carbons (Fsp3) is 0.300. The molecule has 1 aromatic rings. The van der Waals surface area contributed by atoms with E-state index in [4.69, 9.17) is 16.7 Å². The van der Waals surface area contributed by atoms with Gasteiger partial charge in [-0.3, -0.25) is 0 Å². The third kappa shape index (κ3) is 3.60. The van der Waals surface area contributed by atoms with Crippen molar-refractivity contribution in [1.82, 2.24) is 0 Å². The number of carbonyl (C=O) groups is 1. The third-order valence-corrected chi connectivity index (χ3v) is 2.24. The van der Waals surface area contributed by atoms with Crippen molar-refractivity contribution in [2.75, 3.05) is 17.7 Å². The van der Waals surface area contributed by atoms with Crippen LogP contribution in [0.2, 0.25) is 0 Å². The SMILES string of the molecule is O=C(O)c1cc(O)cc(NCC(O)CCl)c1. The standard InChI is InChI=1S/C10H12ClNO4/c11-4-9(14)5-12-7-1-6(10(15)16)2-8(13)3-7/h1-3,9,12-14H,4-5H2,(H,15,16). The van der Waals surface area contributed by atoms with Crippen LogP contribution in [0.3, 0.4) is 0 Å². The number of aliphatic hydroxyl groups is 1. The molecule has 0 saturated heterocycles. The minimum absolute atomic E-state index is 0.0251. The number of halogens is 1. The summed E-state index contributed by atoms with van der Waals surface area (Å²) in [6, 6.07) is 3.88. The molecule has 0 aliphatic heterocycles. The van der Waals surface area contributed by atoms with Gasteiger partial charge in [-0.15, -0.1) is 11.6 Å². The van der Waals surface area contributed by atoms with Crippen LogP contribution in [0.1, 0.15) is 10.4 Å². The number of aliphatic hydroxyl groups excluding tert-OH is 1. The van der Waals surface area contributed by atoms with E-state index >= 15 is 0 Å². The number of hydrogen-bond acceptors (Lipinski definition) is 4. The number of carboxylic acids is 1. The van der Waals surface area contributed by atoms with Gasteiger partial charge in [0.15, 0.2) is 0 Å². The predicted molar refractivity (Wildman–Crippen MR) is 60.3 cm³/mol. The van der Waals surface area contributed by atoms with Crippen LogP contribution in [0, 0.1) is 0 Å². The Morgan fingerprint density at radius 1 is 1.44 bits per heavy atom. The molecule has 1 rings (SSSR count). The molecule has 1 aromatic carbocycles. The normalized spacial score (nSPS) is 12.1. The molecule has 4 N–H and O–H groups in total. The van der Waals surface area contributed by atoms with E-state index in [1.165, 1.54) is 12.1 Å². The van der Waals surface area contributed by atoms with Gasteiger partial charge in [0.2, 0.25) is 0 Å². The maximum absolute atomic E-state index is 10.7. The van der Waals surface area contributed by atoms with Crippen LogP contribution in [-0.4, -0.2) is 39.8 Å². The quantitative estimate of drug-likeness (QED) is 0.584. The number of alkyl halides is 1. The van der Waals surface area contributed by atoms with Crippen molar-refractivity contribution >= 4 is 23.3 Å². The van der Waals surface area contributed by atoms with E-state index < -0.39 is 12.1 Å². The number of hydrogen-bond donors (Lipinski definition) is 4. The molecule has 16 heavy (non-hydrogen) atoms. The lowest BCUT2D eigenvalue weighted by atomic mass is 10.2. The van der Waals surface area contributed by atoms with Gasteiger partial charge in [-0.2, -0.15) is 0 Å². The number of rotatable bonds is 5. The third-order valence-electron chi connectivity index (χ3n) is 1.88. The first-order valence-corrected chi connectivity index (χ1v) is 5.11. The van der Waals surface area contributed by atoms with Gasteiger partial charge in [-0.05, 0) is 12.1 Å². The number of phenols is 1. The van der Waals surface area contributed by atoms with Crippen molar-refractivity contribution in [3.63, 3.8) is 0 Å². The highest BCUT2D eigenvalue weighted by Crippen LogP contribution is 2.19. The molecule has 1 atom stereocenters. The summed E-state index contributed by atoms with van der Waals surface area (Å²) >= 11 is 5.40. The van der Waals surface area contributed by atoms with E-state index in [2.05, 4.69) is 5.32 Å². The molecule has 88 valence electrons. The van der Waals surface area contributed by atoms with Gasteiger partial charge in [0.25, 0.3) is 0 Å². The molecular formula is C10H12ClNO4. The van der Waals surface area contributed by atoms with Crippen molar-refractivity contribution < 1.29 is 20.1 Å². The van der Waals surface area contributed by atoms with E-state index in [0.29, 0.717) is 5.69 Å². The lowest BCUT2D eigenvalue weighted by molar-refractivity contribution is 0.0696. The Balaban J connectivity index is 2.76. The molecule has 0 aliphatic rings. The number of aromatic hydroxyl groups is 1. The highest BCUT2D eigenvalue weighted by molar-refractivity contribution is 6.18. The largest absolute Gasteiger partial charge is 0.508 e. The summed E-state index contributed by atoms with van der Waals surface area (Å²) in [6.07, 6.45) is -0.725. The molecule has 0 amide bonds. The van der Waals surface area contributed by atoms with Crippen LogP contribution in [0.5, 0.6) is 5.75 Å². The van der Waals surface area contributed by atoms with E-state index in [0.717, 1.165) is 6.07 Å². The molecule has 0 bridgehead atoms. The van der Waals surface area contributed by atoms with Crippen molar-refractivity contribution in [2.24, 2.45) is 0 Å². The van der Waals surface area contributed by atoms with E-state index in [1.807, 2.05) is 0 Å². The Morgan fingerprint density at radius 3 is 2.69 bits per heavy atom. The minimum atomic E-state index is -1.13. The minimum Gasteiger partial charge on any atom is -0.508 e. The number of carboxylic acid groups (broad SMARTS) is 1. The molecule has 0 aromatic heterocycles. The Kier molecular flexibility index (Phi) is 4.39. The van der Waals surface area contributed by atoms with Crippen LogP contribution < -0.4 is 5.32 Å². The van der Waals surface area contributed by atoms with Gasteiger partial charge in [0.05, 0.1) is 17.5 Å². The molecule has 1 unspecified atom stereocenters. The summed E-state index contributed by atoms with van der Waals surface area (Å²) in [4.78, 5) is 10.7. The Hall–Kier alpha value is -1.46. The summed E-state index contributed by atoms with van der Waals surface area (Å²) in [5, 5.41) is 30.0. The zero-order valence-electron chi connectivity index (χ0n) is 8.35. The number of anilines is 1. The first-order chi connectivity index (χ1) is 7.52. The predicted octanol–water partition coefficient (Wildman–Crippen LogP) is 1.10. The second-order valence-corrected chi connectivity index (χ2v) is 3.57. The zero-order chi connectivity index (χ0) is 12.1. The summed E-state index contributed by atoms with van der Waals surface area (Å²) in [7, 11) is 0. The van der Waals surface area contributed by atoms with Gasteiger partial charge < -0.3 is 20.6 Å². The van der Waals surface area contributed by atoms with Crippen molar-refractivity contribution in [2.45, 2.75) is 6.10 Å². The van der Waals surface area contributed by atoms with E-state index in [1.54, 1.807) is 0 Å². The fourth-order valence-electron chi connectivity index (χ4n) is 1.13. The zero-order valence-corrected chi connectivity index (χ0v) is 9.11. The van der Waals surface area contributed by atoms with Crippen molar-refractivity contribution in [1.29, 1.82) is 0 Å². The molecule has 0 aliphatic carbocycles. The monoisotopic (exact) mass is 245 g/mol. The van der Waals surface area contributed by atoms with E-state index in [9.17, 15) is 15.0 Å². The van der Waals surface area contributed by atoms with Gasteiger partial charge in [0.1, 0.15) is 5.75 Å². The molecular weight excluding hydrogens is 234 g/mol. The number of nitrogens with one attached hydrogen (secondary N) is 1. The smallest absolute Gasteiger partial charge is 0.335 e. The molecule has 5 nitrogen and oxygen atoms in total. The molecule has 0 heterocycles.